The smallest absolute Gasteiger partial charge is 0.349 e. The number of nitrogens with one attached hydrogen (secondary N) is 1. The van der Waals surface area contributed by atoms with Gasteiger partial charge in [-0.2, -0.15) is 4.98 Å². The van der Waals surface area contributed by atoms with E-state index in [2.05, 4.69) is 15.3 Å². The number of thioether (sulfide) groups is 1. The fourth-order valence-electron chi connectivity index (χ4n) is 3.61. The molecule has 1 N–H and O–H groups in total. The molecule has 0 saturated heterocycles. The lowest BCUT2D eigenvalue weighted by Gasteiger charge is -2.14. The van der Waals surface area contributed by atoms with Crippen LogP contribution in [0, 0.1) is 0 Å². The Morgan fingerprint density at radius 2 is 2.00 bits per heavy atom. The van der Waals surface area contributed by atoms with Crippen LogP contribution in [0.1, 0.15) is 23.2 Å². The molecule has 0 unspecified atom stereocenters. The van der Waals surface area contributed by atoms with Gasteiger partial charge in [-0.05, 0) is 49.1 Å². The largest absolute Gasteiger partial charge is 0.495 e. The fraction of sp³-hybridized carbons (Fsp3) is 0.273. The Labute approximate surface area is 178 Å². The summed E-state index contributed by atoms with van der Waals surface area (Å²) in [6, 6.07) is 11.1. The van der Waals surface area contributed by atoms with Gasteiger partial charge in [0.1, 0.15) is 10.8 Å². The molecule has 0 aliphatic heterocycles. The number of carbonyl (C=O) groups is 1. The molecule has 4 rings (SSSR count). The summed E-state index contributed by atoms with van der Waals surface area (Å²) in [4.78, 5) is 33.5. The number of hydrogen-bond donors (Lipinski definition) is 1. The Morgan fingerprint density at radius 1 is 1.20 bits per heavy atom. The maximum absolute atomic E-state index is 12.7. The van der Waals surface area contributed by atoms with Gasteiger partial charge in [-0.15, -0.1) is 0 Å². The maximum Gasteiger partial charge on any atom is 0.349 e. The molecule has 7 nitrogen and oxygen atoms in total. The summed E-state index contributed by atoms with van der Waals surface area (Å²) < 4.78 is 7.01. The third-order valence-electron chi connectivity index (χ3n) is 5.01. The molecule has 0 bridgehead atoms. The van der Waals surface area contributed by atoms with Crippen molar-refractivity contribution in [2.45, 2.75) is 30.8 Å². The molecule has 30 heavy (non-hydrogen) atoms. The zero-order valence-electron chi connectivity index (χ0n) is 16.6. The molecule has 0 spiro atoms. The Kier molecular flexibility index (Phi) is 6.13. The summed E-state index contributed by atoms with van der Waals surface area (Å²) in [5.74, 6) is 0.610. The number of anilines is 1. The van der Waals surface area contributed by atoms with Crippen molar-refractivity contribution in [2.75, 3.05) is 18.2 Å². The Morgan fingerprint density at radius 3 is 2.80 bits per heavy atom. The topological polar surface area (TPSA) is 86.1 Å². The molecule has 1 aromatic carbocycles. The summed E-state index contributed by atoms with van der Waals surface area (Å²) >= 11 is 1.31. The summed E-state index contributed by atoms with van der Waals surface area (Å²) in [5, 5.41) is 3.52. The number of benzene rings is 1. The van der Waals surface area contributed by atoms with E-state index in [4.69, 9.17) is 4.74 Å². The molecule has 1 amide bonds. The summed E-state index contributed by atoms with van der Waals surface area (Å²) in [6.07, 6.45) is 6.14. The van der Waals surface area contributed by atoms with Gasteiger partial charge in [0.05, 0.1) is 25.1 Å². The van der Waals surface area contributed by atoms with Crippen molar-refractivity contribution < 1.29 is 9.53 Å². The van der Waals surface area contributed by atoms with Crippen molar-refractivity contribution in [2.24, 2.45) is 0 Å². The highest BCUT2D eigenvalue weighted by molar-refractivity contribution is 8.00. The molecule has 2 aromatic heterocycles. The minimum absolute atomic E-state index is 0.168. The number of amides is 1. The van der Waals surface area contributed by atoms with E-state index in [1.165, 1.54) is 11.8 Å². The van der Waals surface area contributed by atoms with Gasteiger partial charge in [-0.25, -0.2) is 4.79 Å². The van der Waals surface area contributed by atoms with E-state index < -0.39 is 0 Å². The van der Waals surface area contributed by atoms with E-state index in [1.54, 1.807) is 36.2 Å². The zero-order chi connectivity index (χ0) is 20.9. The van der Waals surface area contributed by atoms with Crippen molar-refractivity contribution in [3.05, 3.63) is 76.1 Å². The number of pyridine rings is 1. The standard InChI is InChI=1S/C22H22N4O3S/c1-29-19-8-3-2-6-17(19)24-20(27)14-30-21-16-5-4-7-18(16)26(22(28)25-21)13-15-9-11-23-12-10-15/h2-3,6,8-12H,4-5,7,13-14H2,1H3,(H,24,27). The lowest BCUT2D eigenvalue weighted by atomic mass is 10.2. The first-order chi connectivity index (χ1) is 14.7. The van der Waals surface area contributed by atoms with Gasteiger partial charge in [0.25, 0.3) is 0 Å². The first-order valence-corrected chi connectivity index (χ1v) is 10.7. The number of carbonyl (C=O) groups excluding carboxylic acids is 1. The second-order valence-corrected chi connectivity index (χ2v) is 7.92. The molecule has 0 saturated carbocycles. The predicted molar refractivity (Wildman–Crippen MR) is 116 cm³/mol. The quantitative estimate of drug-likeness (QED) is 0.465. The number of fused-ring (bicyclic) bond motifs is 1. The van der Waals surface area contributed by atoms with E-state index in [0.717, 1.165) is 36.1 Å². The number of nitrogens with zero attached hydrogens (tertiary/aromatic N) is 3. The summed E-state index contributed by atoms with van der Waals surface area (Å²) in [5.41, 5.74) is 3.47. The maximum atomic E-state index is 12.7. The van der Waals surface area contributed by atoms with E-state index >= 15 is 0 Å². The molecule has 154 valence electrons. The van der Waals surface area contributed by atoms with Gasteiger partial charge < -0.3 is 10.1 Å². The number of ether oxygens (including phenoxy) is 1. The van der Waals surface area contributed by atoms with Crippen molar-refractivity contribution in [1.29, 1.82) is 0 Å². The Balaban J connectivity index is 1.50. The molecule has 2 heterocycles. The van der Waals surface area contributed by atoms with Gasteiger partial charge in [0.15, 0.2) is 0 Å². The molecule has 1 aliphatic rings. The number of para-hydroxylation sites is 2. The van der Waals surface area contributed by atoms with Crippen LogP contribution in [-0.4, -0.2) is 33.3 Å². The average Bonchev–Trinajstić information content (AvgIpc) is 3.26. The van der Waals surface area contributed by atoms with Crippen LogP contribution in [0.25, 0.3) is 0 Å². The van der Waals surface area contributed by atoms with Crippen LogP contribution in [-0.2, 0) is 24.2 Å². The van der Waals surface area contributed by atoms with Crippen molar-refractivity contribution in [3.63, 3.8) is 0 Å². The normalized spacial score (nSPS) is 12.4. The van der Waals surface area contributed by atoms with Crippen LogP contribution in [0.5, 0.6) is 5.75 Å². The highest BCUT2D eigenvalue weighted by Gasteiger charge is 2.22. The minimum atomic E-state index is -0.278. The number of methoxy groups -OCH3 is 1. The van der Waals surface area contributed by atoms with E-state index in [-0.39, 0.29) is 17.3 Å². The third-order valence-corrected chi connectivity index (χ3v) is 6.03. The van der Waals surface area contributed by atoms with Gasteiger partial charge >= 0.3 is 5.69 Å². The Bertz CT molecular complexity index is 1120. The fourth-order valence-corrected chi connectivity index (χ4v) is 4.48. The van der Waals surface area contributed by atoms with Gasteiger partial charge in [-0.1, -0.05) is 23.9 Å². The summed E-state index contributed by atoms with van der Waals surface area (Å²) in [6.45, 7) is 0.482. The van der Waals surface area contributed by atoms with Crippen molar-refractivity contribution >= 4 is 23.4 Å². The van der Waals surface area contributed by atoms with Crippen molar-refractivity contribution in [3.8, 4) is 5.75 Å². The lowest BCUT2D eigenvalue weighted by Crippen LogP contribution is -2.28. The predicted octanol–water partition coefficient (Wildman–Crippen LogP) is 2.91. The van der Waals surface area contributed by atoms with E-state index in [1.807, 2.05) is 24.3 Å². The highest BCUT2D eigenvalue weighted by Crippen LogP contribution is 2.30. The molecule has 8 heteroatoms. The molecular weight excluding hydrogens is 400 g/mol. The van der Waals surface area contributed by atoms with Crippen LogP contribution in [0.2, 0.25) is 0 Å². The number of aromatic nitrogens is 3. The molecule has 3 aromatic rings. The zero-order valence-corrected chi connectivity index (χ0v) is 17.4. The SMILES string of the molecule is COc1ccccc1NC(=O)CSc1nc(=O)n(Cc2ccncc2)c2c1CCC2. The minimum Gasteiger partial charge on any atom is -0.495 e. The van der Waals surface area contributed by atoms with Gasteiger partial charge in [-0.3, -0.25) is 14.3 Å². The van der Waals surface area contributed by atoms with Crippen molar-refractivity contribution in [1.82, 2.24) is 14.5 Å². The molecule has 1 aliphatic carbocycles. The van der Waals surface area contributed by atoms with Crippen LogP contribution >= 0.6 is 11.8 Å². The number of hydrogen-bond acceptors (Lipinski definition) is 6. The molecule has 0 radical (unpaired) electrons. The highest BCUT2D eigenvalue weighted by atomic mass is 32.2. The van der Waals surface area contributed by atoms with Crippen LogP contribution < -0.4 is 15.7 Å². The summed E-state index contributed by atoms with van der Waals surface area (Å²) in [7, 11) is 1.56. The first kappa shape index (κ1) is 20.2. The second kappa shape index (κ2) is 9.13. The van der Waals surface area contributed by atoms with E-state index in [0.29, 0.717) is 23.0 Å². The Hall–Kier alpha value is -3.13. The van der Waals surface area contributed by atoms with E-state index in [9.17, 15) is 9.59 Å². The average molecular weight is 423 g/mol. The number of rotatable bonds is 7. The van der Waals surface area contributed by atoms with Gasteiger partial charge in [0, 0.05) is 23.7 Å². The molecule has 0 atom stereocenters. The monoisotopic (exact) mass is 422 g/mol. The molecule has 0 fully saturated rings. The van der Waals surface area contributed by atoms with Gasteiger partial charge in [0.2, 0.25) is 5.91 Å². The van der Waals surface area contributed by atoms with Crippen LogP contribution in [0.4, 0.5) is 5.69 Å². The second-order valence-electron chi connectivity index (χ2n) is 6.96. The first-order valence-electron chi connectivity index (χ1n) is 9.73. The lowest BCUT2D eigenvalue weighted by molar-refractivity contribution is -0.113. The van der Waals surface area contributed by atoms with Crippen LogP contribution in [0.15, 0.2) is 58.6 Å². The third kappa shape index (κ3) is 4.38. The van der Waals surface area contributed by atoms with Crippen LogP contribution in [0.3, 0.4) is 0 Å². The molecular formula is C22H22N4O3S.